The number of hydrogen-bond acceptors (Lipinski definition) is 4. The molecule has 0 N–H and O–H groups in total. The summed E-state index contributed by atoms with van der Waals surface area (Å²) >= 11 is 0. The lowest BCUT2D eigenvalue weighted by Gasteiger charge is -2.51. The SMILES string of the molecule is CC(C)(C)c1ccc(N(c2ccc(C(C)(C)C)cc2)c2ccc3c(c2)N(c2ccc4c(c2)C(C)(C)CCC4(C)C)B2c4cccc5c4N(c4cc6ccccc6cc4C5(C)C)c4cc5c(oc6ccccc65)c-3c42)cc1. The highest BCUT2D eigenvalue weighted by molar-refractivity contribution is 6.94. The largest absolute Gasteiger partial charge is 0.455 e. The molecule has 14 rings (SSSR count). The van der Waals surface area contributed by atoms with Crippen LogP contribution in [0.4, 0.5) is 45.5 Å². The van der Waals surface area contributed by atoms with E-state index in [1.807, 2.05) is 0 Å². The molecule has 0 unspecified atom stereocenters. The van der Waals surface area contributed by atoms with Crippen molar-refractivity contribution in [3.63, 3.8) is 0 Å². The fourth-order valence-electron chi connectivity index (χ4n) is 13.9. The van der Waals surface area contributed by atoms with E-state index >= 15 is 0 Å². The van der Waals surface area contributed by atoms with Crippen molar-refractivity contribution in [2.24, 2.45) is 0 Å². The van der Waals surface area contributed by atoms with Crippen molar-refractivity contribution in [1.82, 2.24) is 0 Å². The zero-order valence-corrected chi connectivity index (χ0v) is 46.4. The fraction of sp³-hybridized carbons (Fsp3) is 0.268. The predicted octanol–water partition coefficient (Wildman–Crippen LogP) is 18.5. The van der Waals surface area contributed by atoms with E-state index in [1.54, 1.807) is 0 Å². The molecule has 376 valence electrons. The van der Waals surface area contributed by atoms with Crippen molar-refractivity contribution in [2.75, 3.05) is 14.6 Å². The van der Waals surface area contributed by atoms with Gasteiger partial charge in [-0.1, -0.05) is 180 Å². The minimum atomic E-state index is -0.286. The summed E-state index contributed by atoms with van der Waals surface area (Å²) in [6, 6.07) is 65.4. The first kappa shape index (κ1) is 47.0. The summed E-state index contributed by atoms with van der Waals surface area (Å²) in [5.41, 5.74) is 24.3. The summed E-state index contributed by atoms with van der Waals surface area (Å²) in [6.45, 7) is 28.3. The van der Waals surface area contributed by atoms with Crippen LogP contribution in [0, 0.1) is 0 Å². The van der Waals surface area contributed by atoms with Crippen LogP contribution < -0.4 is 25.5 Å². The zero-order valence-electron chi connectivity index (χ0n) is 46.4. The van der Waals surface area contributed by atoms with Gasteiger partial charge in [0.15, 0.2) is 0 Å². The van der Waals surface area contributed by atoms with Gasteiger partial charge >= 0.3 is 6.85 Å². The molecule has 0 atom stereocenters. The summed E-state index contributed by atoms with van der Waals surface area (Å²) in [5.74, 6) is 0. The minimum absolute atomic E-state index is 0.00581. The fourth-order valence-corrected chi connectivity index (χ4v) is 13.9. The van der Waals surface area contributed by atoms with E-state index in [4.69, 9.17) is 4.42 Å². The second kappa shape index (κ2) is 15.8. The van der Waals surface area contributed by atoms with Crippen molar-refractivity contribution in [1.29, 1.82) is 0 Å². The molecule has 0 radical (unpaired) electrons. The highest BCUT2D eigenvalue weighted by Gasteiger charge is 2.51. The summed E-state index contributed by atoms with van der Waals surface area (Å²) in [7, 11) is 0. The topological polar surface area (TPSA) is 22.9 Å². The number of para-hydroxylation sites is 2. The summed E-state index contributed by atoms with van der Waals surface area (Å²) in [5, 5.41) is 4.78. The molecule has 0 bridgehead atoms. The normalized spacial score (nSPS) is 16.6. The van der Waals surface area contributed by atoms with Crippen LogP contribution in [0.15, 0.2) is 174 Å². The van der Waals surface area contributed by atoms with Gasteiger partial charge in [-0.15, -0.1) is 0 Å². The number of anilines is 8. The molecule has 0 spiro atoms. The third kappa shape index (κ3) is 6.76. The Hall–Kier alpha value is -7.50. The third-order valence-corrected chi connectivity index (χ3v) is 18.4. The molecule has 76 heavy (non-hydrogen) atoms. The van der Waals surface area contributed by atoms with Crippen molar-refractivity contribution < 1.29 is 4.42 Å². The van der Waals surface area contributed by atoms with Crippen molar-refractivity contribution in [2.45, 2.75) is 123 Å². The number of furan rings is 1. The van der Waals surface area contributed by atoms with Gasteiger partial charge in [0, 0.05) is 67.1 Å². The molecule has 5 heteroatoms. The van der Waals surface area contributed by atoms with Crippen LogP contribution in [0.5, 0.6) is 0 Å². The first-order valence-electron chi connectivity index (χ1n) is 27.7. The maximum atomic E-state index is 7.25. The first-order valence-corrected chi connectivity index (χ1v) is 27.7. The van der Waals surface area contributed by atoms with Gasteiger partial charge in [0.1, 0.15) is 11.2 Å². The molecular formula is C71H68BN3O. The molecular weight excluding hydrogens is 922 g/mol. The van der Waals surface area contributed by atoms with Crippen LogP contribution >= 0.6 is 0 Å². The Morgan fingerprint density at radius 3 is 1.79 bits per heavy atom. The molecule has 4 heterocycles. The number of benzene rings is 9. The van der Waals surface area contributed by atoms with Crippen molar-refractivity contribution >= 4 is 96.0 Å². The van der Waals surface area contributed by atoms with E-state index in [2.05, 4.69) is 268 Å². The summed E-state index contributed by atoms with van der Waals surface area (Å²) in [6.07, 6.45) is 2.30. The second-order valence-corrected chi connectivity index (χ2v) is 26.5. The van der Waals surface area contributed by atoms with E-state index < -0.39 is 0 Å². The van der Waals surface area contributed by atoms with E-state index in [1.165, 1.54) is 89.0 Å². The van der Waals surface area contributed by atoms with Gasteiger partial charge in [-0.3, -0.25) is 0 Å². The van der Waals surface area contributed by atoms with E-state index in [0.29, 0.717) is 0 Å². The number of nitrogens with zero attached hydrogens (tertiary/aromatic N) is 3. The van der Waals surface area contributed by atoms with Gasteiger partial charge in [-0.05, 0) is 162 Å². The lowest BCUT2D eigenvalue weighted by molar-refractivity contribution is 0.332. The van der Waals surface area contributed by atoms with Gasteiger partial charge in [-0.2, -0.15) is 0 Å². The van der Waals surface area contributed by atoms with E-state index in [0.717, 1.165) is 57.5 Å². The molecule has 1 aromatic heterocycles. The smallest absolute Gasteiger partial charge is 0.333 e. The molecule has 0 amide bonds. The maximum absolute atomic E-state index is 7.25. The number of hydrogen-bond donors (Lipinski definition) is 0. The van der Waals surface area contributed by atoms with Gasteiger partial charge in [-0.25, -0.2) is 0 Å². The second-order valence-electron chi connectivity index (χ2n) is 26.5. The summed E-state index contributed by atoms with van der Waals surface area (Å²) < 4.78 is 7.25. The standard InChI is InChI=1S/C71H68BN3O/c1-67(2,3)45-24-28-47(29-25-45)73(48-30-26-46(27-31-48)68(4,5)6)49-32-34-52-59(41-49)75(50-33-35-54-56(40-50)70(9,10)37-36-69(54,7)8)72-58-22-17-21-55-65(58)74(60-39-44-19-14-13-18-43(44)38-57(60)71(55,11)12)61-42-53-51-20-15-16-23-62(51)76-66(53)63(52)64(61)72/h13-35,38-42H,36-37H2,1-12H3. The van der Waals surface area contributed by atoms with Crippen LogP contribution in [-0.4, -0.2) is 6.85 Å². The first-order chi connectivity index (χ1) is 36.2. The predicted molar refractivity (Wildman–Crippen MR) is 324 cm³/mol. The molecule has 10 aromatic rings. The van der Waals surface area contributed by atoms with Crippen LogP contribution in [0.3, 0.4) is 0 Å². The van der Waals surface area contributed by atoms with Crippen molar-refractivity contribution in [3.8, 4) is 11.1 Å². The van der Waals surface area contributed by atoms with E-state index in [-0.39, 0.29) is 33.9 Å². The lowest BCUT2D eigenvalue weighted by atomic mass is 9.42. The molecule has 4 aliphatic rings. The Morgan fingerprint density at radius 1 is 0.500 bits per heavy atom. The molecule has 0 saturated carbocycles. The zero-order chi connectivity index (χ0) is 52.6. The Morgan fingerprint density at radius 2 is 1.12 bits per heavy atom. The van der Waals surface area contributed by atoms with Crippen LogP contribution in [0.1, 0.15) is 129 Å². The van der Waals surface area contributed by atoms with Gasteiger partial charge < -0.3 is 19.0 Å². The average Bonchev–Trinajstić information content (AvgIpc) is 3.78. The molecule has 3 aliphatic heterocycles. The Balaban J connectivity index is 1.11. The highest BCUT2D eigenvalue weighted by atomic mass is 16.3. The maximum Gasteiger partial charge on any atom is 0.333 e. The van der Waals surface area contributed by atoms with Crippen LogP contribution in [0.25, 0.3) is 43.8 Å². The number of rotatable bonds is 4. The molecule has 1 aliphatic carbocycles. The molecule has 9 aromatic carbocycles. The van der Waals surface area contributed by atoms with Gasteiger partial charge in [0.05, 0.1) is 5.69 Å². The highest BCUT2D eigenvalue weighted by Crippen LogP contribution is 2.58. The van der Waals surface area contributed by atoms with Crippen LogP contribution in [0.2, 0.25) is 0 Å². The Labute approximate surface area is 450 Å². The molecule has 0 fully saturated rings. The average molecular weight is 990 g/mol. The van der Waals surface area contributed by atoms with Crippen molar-refractivity contribution in [3.05, 3.63) is 203 Å². The van der Waals surface area contributed by atoms with Gasteiger partial charge in [0.2, 0.25) is 0 Å². The minimum Gasteiger partial charge on any atom is -0.455 e. The van der Waals surface area contributed by atoms with Gasteiger partial charge in [0.25, 0.3) is 0 Å². The lowest BCUT2D eigenvalue weighted by Crippen LogP contribution is -2.62. The Bertz CT molecular complexity index is 4010. The van der Waals surface area contributed by atoms with Crippen LogP contribution in [-0.2, 0) is 27.1 Å². The Kier molecular flexibility index (Phi) is 9.76. The quantitative estimate of drug-likeness (QED) is 0.164. The molecule has 4 nitrogen and oxygen atoms in total. The monoisotopic (exact) mass is 990 g/mol. The summed E-state index contributed by atoms with van der Waals surface area (Å²) in [4.78, 5) is 7.85. The third-order valence-electron chi connectivity index (χ3n) is 18.4. The van der Waals surface area contributed by atoms with E-state index in [9.17, 15) is 0 Å². The number of fused-ring (bicyclic) bond motifs is 12. The molecule has 0 saturated heterocycles.